The van der Waals surface area contributed by atoms with Gasteiger partial charge in [-0.15, -0.1) is 12.4 Å². The molecule has 0 N–H and O–H groups in total. The van der Waals surface area contributed by atoms with E-state index in [4.69, 9.17) is 1.37 Å². The van der Waals surface area contributed by atoms with Gasteiger partial charge >= 0.3 is 49.3 Å². The Labute approximate surface area is 61.7 Å². The van der Waals surface area contributed by atoms with Gasteiger partial charge in [-0.25, -0.2) is 0 Å². The second kappa shape index (κ2) is 9.46. The van der Waals surface area contributed by atoms with Gasteiger partial charge in [0.2, 0.25) is 0 Å². The average Bonchev–Trinajstić information content (AvgIpc) is 1.65. The van der Waals surface area contributed by atoms with Gasteiger partial charge < -0.3 is 0 Å². The SMILES string of the molecule is Cl.[3H]C(CC)[O][Zr]. The molecule has 0 saturated carbocycles. The van der Waals surface area contributed by atoms with Gasteiger partial charge in [0, 0.05) is 0 Å². The molecule has 0 aromatic rings. The average molecular weight is 189 g/mol. The fourth-order valence-electron chi connectivity index (χ4n) is 0.0833. The maximum absolute atomic E-state index is 6.87. The molecule has 37 valence electrons. The van der Waals surface area contributed by atoms with Crippen LogP contribution in [0.3, 0.4) is 0 Å². The molecule has 0 rings (SSSR count). The van der Waals surface area contributed by atoms with E-state index < -0.39 is 0 Å². The second-order valence-corrected chi connectivity index (χ2v) is 1.27. The number of rotatable bonds is 2. The summed E-state index contributed by atoms with van der Waals surface area (Å²) in [6, 6.07) is 0. The van der Waals surface area contributed by atoms with Crippen LogP contribution in [0.5, 0.6) is 0 Å². The molecule has 1 unspecified atom stereocenters. The molecule has 3 heteroatoms. The summed E-state index contributed by atoms with van der Waals surface area (Å²) >= 11 is 0.993. The first-order valence-electron chi connectivity index (χ1n) is 2.13. The van der Waals surface area contributed by atoms with Crippen LogP contribution < -0.4 is 0 Å². The zero-order valence-corrected chi connectivity index (χ0v) is 6.88. The van der Waals surface area contributed by atoms with Crippen molar-refractivity contribution in [3.8, 4) is 0 Å². The Hall–Kier alpha value is 1.13. The van der Waals surface area contributed by atoms with Crippen LogP contribution >= 0.6 is 12.4 Å². The van der Waals surface area contributed by atoms with Gasteiger partial charge in [0.05, 0.1) is 0 Å². The quantitative estimate of drug-likeness (QED) is 0.635. The molecule has 1 nitrogen and oxygen atoms in total. The summed E-state index contributed by atoms with van der Waals surface area (Å²) in [6.07, 6.45) is 0.797. The van der Waals surface area contributed by atoms with Crippen molar-refractivity contribution in [2.75, 3.05) is 6.58 Å². The van der Waals surface area contributed by atoms with Gasteiger partial charge in [-0.2, -0.15) is 0 Å². The van der Waals surface area contributed by atoms with Crippen molar-refractivity contribution in [1.29, 1.82) is 0 Å². The summed E-state index contributed by atoms with van der Waals surface area (Å²) in [5.41, 5.74) is 0. The van der Waals surface area contributed by atoms with E-state index >= 15 is 0 Å². The Kier molecular flexibility index (Phi) is 11.2. The molecular formula is C3H8ClOZr. The normalized spacial score (nSPS) is 14.3. The summed E-state index contributed by atoms with van der Waals surface area (Å²) in [7, 11) is 0. The fourth-order valence-corrected chi connectivity index (χ4v) is 0.493. The Morgan fingerprint density at radius 1 is 2.00 bits per heavy atom. The molecule has 0 saturated heterocycles. The van der Waals surface area contributed by atoms with Crippen molar-refractivity contribution < 1.29 is 29.3 Å². The summed E-state index contributed by atoms with van der Waals surface area (Å²) in [5, 5.41) is 0. The molecule has 1 atom stereocenters. The van der Waals surface area contributed by atoms with Gasteiger partial charge in [0.15, 0.2) is 0 Å². The van der Waals surface area contributed by atoms with Crippen molar-refractivity contribution in [1.82, 2.24) is 0 Å². The monoisotopic (exact) mass is 187 g/mol. The Bertz CT molecular complexity index is 34.1. The molecule has 0 aromatic heterocycles. The molecule has 0 aliphatic rings. The fraction of sp³-hybridized carbons (Fsp3) is 1.00. The van der Waals surface area contributed by atoms with Crippen molar-refractivity contribution in [3.63, 3.8) is 0 Å². The zero-order valence-electron chi connectivity index (χ0n) is 4.60. The van der Waals surface area contributed by atoms with Crippen LogP contribution in [0.4, 0.5) is 0 Å². The summed E-state index contributed by atoms with van der Waals surface area (Å²) < 4.78 is 11.5. The molecule has 0 aliphatic heterocycles. The first-order chi connectivity index (χ1) is 2.81. The van der Waals surface area contributed by atoms with Crippen LogP contribution in [0.1, 0.15) is 14.7 Å². The van der Waals surface area contributed by atoms with Crippen molar-refractivity contribution in [3.05, 3.63) is 0 Å². The third-order valence-corrected chi connectivity index (χ3v) is 0.660. The van der Waals surface area contributed by atoms with E-state index in [2.05, 4.69) is 2.81 Å². The Morgan fingerprint density at radius 2 is 2.50 bits per heavy atom. The van der Waals surface area contributed by atoms with E-state index in [0.29, 0.717) is 0 Å². The number of hydrogen-bond donors (Lipinski definition) is 0. The van der Waals surface area contributed by atoms with Crippen molar-refractivity contribution in [2.24, 2.45) is 0 Å². The Balaban J connectivity index is 0. The summed E-state index contributed by atoms with van der Waals surface area (Å²) in [4.78, 5) is 0. The predicted octanol–water partition coefficient (Wildman–Crippen LogP) is 1.30. The predicted molar refractivity (Wildman–Crippen MR) is 23.5 cm³/mol. The molecule has 0 fully saturated rings. The molecule has 0 aromatic carbocycles. The first-order valence-corrected chi connectivity index (χ1v) is 2.56. The van der Waals surface area contributed by atoms with Gasteiger partial charge in [-0.1, -0.05) is 0 Å². The summed E-state index contributed by atoms with van der Waals surface area (Å²) in [5.74, 6) is 0. The van der Waals surface area contributed by atoms with Crippen LogP contribution in [0.2, 0.25) is 0 Å². The van der Waals surface area contributed by atoms with E-state index in [1.54, 1.807) is 0 Å². The van der Waals surface area contributed by atoms with Gasteiger partial charge in [0.1, 0.15) is 0 Å². The zero-order chi connectivity index (χ0) is 4.99. The van der Waals surface area contributed by atoms with Crippen LogP contribution in [-0.4, -0.2) is 6.58 Å². The van der Waals surface area contributed by atoms with E-state index in [0.717, 1.165) is 31.6 Å². The second-order valence-electron chi connectivity index (χ2n) is 0.693. The van der Waals surface area contributed by atoms with Gasteiger partial charge in [-0.3, -0.25) is 0 Å². The van der Waals surface area contributed by atoms with Crippen LogP contribution in [-0.2, 0) is 28.0 Å². The number of hydrogen-bond acceptors (Lipinski definition) is 1. The van der Waals surface area contributed by atoms with Crippen LogP contribution in [0, 0.1) is 0 Å². The van der Waals surface area contributed by atoms with Gasteiger partial charge in [0.25, 0.3) is 0 Å². The minimum absolute atomic E-state index is 0. The molecule has 0 heterocycles. The van der Waals surface area contributed by atoms with E-state index in [9.17, 15) is 0 Å². The molecule has 0 spiro atoms. The summed E-state index contributed by atoms with van der Waals surface area (Å²) in [6.45, 7) is 1.66. The first kappa shape index (κ1) is 7.13. The van der Waals surface area contributed by atoms with E-state index in [1.807, 2.05) is 6.92 Å². The molecule has 0 amide bonds. The van der Waals surface area contributed by atoms with Crippen LogP contribution in [0.25, 0.3) is 0 Å². The molecular weight excluding hydrogens is 179 g/mol. The standard InChI is InChI=1S/C3H7O.ClH.Zr/c1-2-3-4;;/h2-3H2,1H3;1H;/q-1;;+1/i3T;;. The third-order valence-electron chi connectivity index (χ3n) is 0.250. The van der Waals surface area contributed by atoms with Gasteiger partial charge in [-0.05, 0) is 0 Å². The van der Waals surface area contributed by atoms with Crippen molar-refractivity contribution in [2.45, 2.75) is 13.3 Å². The maximum atomic E-state index is 6.87. The van der Waals surface area contributed by atoms with E-state index in [1.165, 1.54) is 0 Å². The van der Waals surface area contributed by atoms with E-state index in [-0.39, 0.29) is 19.0 Å². The minimum atomic E-state index is -0.275. The van der Waals surface area contributed by atoms with Crippen LogP contribution in [0.15, 0.2) is 0 Å². The topological polar surface area (TPSA) is 9.23 Å². The van der Waals surface area contributed by atoms with Crippen molar-refractivity contribution >= 4 is 12.4 Å². The molecule has 0 aliphatic carbocycles. The molecule has 0 bridgehead atoms. The molecule has 0 radical (unpaired) electrons. The molecule has 6 heavy (non-hydrogen) atoms. The number of halogens is 1. The Morgan fingerprint density at radius 3 is 2.50 bits per heavy atom. The third kappa shape index (κ3) is 8.93.